The van der Waals surface area contributed by atoms with Crippen molar-refractivity contribution < 1.29 is 9.47 Å². The molecule has 0 aliphatic rings. The summed E-state index contributed by atoms with van der Waals surface area (Å²) in [7, 11) is 0. The molecule has 5 heteroatoms. The minimum Gasteiger partial charge on any atom is -0.457 e. The monoisotopic (exact) mass is 670 g/mol. The van der Waals surface area contributed by atoms with Crippen molar-refractivity contribution in [3.63, 3.8) is 0 Å². The van der Waals surface area contributed by atoms with Crippen LogP contribution in [0, 0.1) is 0 Å². The van der Waals surface area contributed by atoms with E-state index < -0.39 is 0 Å². The summed E-state index contributed by atoms with van der Waals surface area (Å²) in [6, 6.07) is 56.3. The lowest BCUT2D eigenvalue weighted by atomic mass is 10.2. The molecule has 0 amide bonds. The van der Waals surface area contributed by atoms with Crippen LogP contribution in [0.4, 0.5) is 0 Å². The van der Waals surface area contributed by atoms with E-state index in [1.54, 1.807) is 0 Å². The average molecular weight is 672 g/mol. The Balaban J connectivity index is 1.04. The van der Waals surface area contributed by atoms with Gasteiger partial charge in [-0.15, -0.1) is 0 Å². The van der Waals surface area contributed by atoms with E-state index in [0.29, 0.717) is 11.5 Å². The van der Waals surface area contributed by atoms with Gasteiger partial charge in [-0.3, -0.25) is 0 Å². The Kier molecular flexibility index (Phi) is 6.58. The second-order valence-corrected chi connectivity index (χ2v) is 12.5. The molecular weight excluding hydrogens is 644 g/mol. The number of hydrogen-bond acceptors (Lipinski definition) is 2. The van der Waals surface area contributed by atoms with Crippen molar-refractivity contribution in [3.8, 4) is 34.4 Å². The van der Waals surface area contributed by atoms with Crippen LogP contribution in [0.1, 0.15) is 0 Å². The van der Waals surface area contributed by atoms with Gasteiger partial charge in [-0.2, -0.15) is 0 Å². The van der Waals surface area contributed by atoms with Gasteiger partial charge in [0.15, 0.2) is 0 Å². The maximum absolute atomic E-state index is 6.45. The molecule has 9 aromatic rings. The number of benzene rings is 7. The summed E-state index contributed by atoms with van der Waals surface area (Å²) in [5.74, 6) is 2.82. The maximum Gasteiger partial charge on any atom is 0.132 e. The van der Waals surface area contributed by atoms with Crippen LogP contribution in [0.15, 0.2) is 168 Å². The molecule has 0 bridgehead atoms. The second kappa shape index (κ2) is 11.2. The number of rotatable bonds is 6. The second-order valence-electron chi connectivity index (χ2n) is 11.6. The van der Waals surface area contributed by atoms with Gasteiger partial charge in [0.1, 0.15) is 23.0 Å². The van der Waals surface area contributed by atoms with Crippen molar-refractivity contribution in [2.45, 2.75) is 0 Å². The largest absolute Gasteiger partial charge is 0.457 e. The first kappa shape index (κ1) is 27.5. The van der Waals surface area contributed by atoms with Crippen LogP contribution < -0.4 is 9.47 Å². The van der Waals surface area contributed by atoms with Crippen LogP contribution in [0.5, 0.6) is 23.0 Å². The van der Waals surface area contributed by atoms with Crippen LogP contribution in [-0.2, 0) is 0 Å². The molecule has 9 rings (SSSR count). The molecule has 0 radical (unpaired) electrons. The fourth-order valence-corrected chi connectivity index (χ4v) is 7.15. The van der Waals surface area contributed by atoms with E-state index in [4.69, 9.17) is 9.47 Å². The van der Waals surface area contributed by atoms with Crippen LogP contribution in [-0.4, -0.2) is 9.13 Å². The highest BCUT2D eigenvalue weighted by atomic mass is 79.9. The standard InChI is InChI=1S/C42H27BrN2O2/c43-28-23-33(46-31-13-9-11-29(25-31)44-39-19-5-1-15-35(39)36-16-2-6-20-40(36)44)27-34(24-28)47-32-14-10-12-30(26-32)45-41-21-7-3-17-37(41)38-18-4-8-22-42(38)45/h1-27H. The number of aromatic nitrogens is 2. The molecule has 2 aromatic heterocycles. The van der Waals surface area contributed by atoms with Crippen LogP contribution in [0.25, 0.3) is 55.0 Å². The zero-order valence-corrected chi connectivity index (χ0v) is 26.8. The van der Waals surface area contributed by atoms with E-state index in [0.717, 1.165) is 49.4 Å². The normalized spacial score (nSPS) is 11.5. The Morgan fingerprint density at radius 3 is 1.09 bits per heavy atom. The molecule has 0 aliphatic heterocycles. The van der Waals surface area contributed by atoms with E-state index in [1.165, 1.54) is 21.5 Å². The number of ether oxygens (including phenoxy) is 2. The Bertz CT molecular complexity index is 2330. The minimum absolute atomic E-state index is 0.673. The molecule has 224 valence electrons. The van der Waals surface area contributed by atoms with E-state index in [2.05, 4.69) is 146 Å². The van der Waals surface area contributed by atoms with Crippen molar-refractivity contribution in [1.82, 2.24) is 9.13 Å². The number of nitrogens with zero attached hydrogens (tertiary/aromatic N) is 2. The van der Waals surface area contributed by atoms with Crippen LogP contribution in [0.3, 0.4) is 0 Å². The predicted molar refractivity (Wildman–Crippen MR) is 196 cm³/mol. The average Bonchev–Trinajstić information content (AvgIpc) is 3.62. The van der Waals surface area contributed by atoms with Gasteiger partial charge in [0, 0.05) is 55.6 Å². The predicted octanol–water partition coefficient (Wildman–Crippen LogP) is 12.2. The van der Waals surface area contributed by atoms with Crippen molar-refractivity contribution >= 4 is 59.5 Å². The zero-order valence-electron chi connectivity index (χ0n) is 25.2. The third-order valence-electron chi connectivity index (χ3n) is 8.63. The summed E-state index contributed by atoms with van der Waals surface area (Å²) in [4.78, 5) is 0. The number of para-hydroxylation sites is 4. The molecule has 47 heavy (non-hydrogen) atoms. The van der Waals surface area contributed by atoms with E-state index in [9.17, 15) is 0 Å². The van der Waals surface area contributed by atoms with Gasteiger partial charge in [-0.05, 0) is 60.7 Å². The molecule has 0 aliphatic carbocycles. The van der Waals surface area contributed by atoms with Crippen LogP contribution >= 0.6 is 15.9 Å². The van der Waals surface area contributed by atoms with Gasteiger partial charge in [-0.1, -0.05) is 101 Å². The number of hydrogen-bond donors (Lipinski definition) is 0. The first-order valence-electron chi connectivity index (χ1n) is 15.5. The molecule has 0 saturated heterocycles. The molecule has 0 spiro atoms. The molecule has 4 nitrogen and oxygen atoms in total. The summed E-state index contributed by atoms with van der Waals surface area (Å²) in [6.45, 7) is 0. The van der Waals surface area contributed by atoms with Gasteiger partial charge in [0.05, 0.1) is 22.1 Å². The summed E-state index contributed by atoms with van der Waals surface area (Å²) in [5, 5.41) is 4.91. The summed E-state index contributed by atoms with van der Waals surface area (Å²) >= 11 is 3.67. The highest BCUT2D eigenvalue weighted by molar-refractivity contribution is 9.10. The molecule has 0 fully saturated rings. The molecule has 0 unspecified atom stereocenters. The fourth-order valence-electron chi connectivity index (χ4n) is 6.70. The third-order valence-corrected chi connectivity index (χ3v) is 9.09. The quantitative estimate of drug-likeness (QED) is 0.176. The third kappa shape index (κ3) is 4.84. The van der Waals surface area contributed by atoms with E-state index in [1.807, 2.05) is 42.5 Å². The molecule has 0 saturated carbocycles. The lowest BCUT2D eigenvalue weighted by molar-refractivity contribution is 0.459. The topological polar surface area (TPSA) is 28.3 Å². The van der Waals surface area contributed by atoms with Gasteiger partial charge in [-0.25, -0.2) is 0 Å². The van der Waals surface area contributed by atoms with Crippen molar-refractivity contribution in [2.24, 2.45) is 0 Å². The first-order valence-corrected chi connectivity index (χ1v) is 16.3. The van der Waals surface area contributed by atoms with Gasteiger partial charge >= 0.3 is 0 Å². The zero-order chi connectivity index (χ0) is 31.3. The highest BCUT2D eigenvalue weighted by Gasteiger charge is 2.14. The smallest absolute Gasteiger partial charge is 0.132 e. The molecular formula is C42H27BrN2O2. The van der Waals surface area contributed by atoms with Gasteiger partial charge < -0.3 is 18.6 Å². The van der Waals surface area contributed by atoms with E-state index >= 15 is 0 Å². The maximum atomic E-state index is 6.45. The Hall–Kier alpha value is -5.78. The summed E-state index contributed by atoms with van der Waals surface area (Å²) in [5.41, 5.74) is 6.71. The lowest BCUT2D eigenvalue weighted by Gasteiger charge is -2.13. The van der Waals surface area contributed by atoms with E-state index in [-0.39, 0.29) is 0 Å². The summed E-state index contributed by atoms with van der Waals surface area (Å²) in [6.07, 6.45) is 0. The highest BCUT2D eigenvalue weighted by Crippen LogP contribution is 2.37. The van der Waals surface area contributed by atoms with Crippen molar-refractivity contribution in [2.75, 3.05) is 0 Å². The van der Waals surface area contributed by atoms with Gasteiger partial charge in [0.2, 0.25) is 0 Å². The van der Waals surface area contributed by atoms with Crippen molar-refractivity contribution in [1.29, 1.82) is 0 Å². The number of fused-ring (bicyclic) bond motifs is 6. The summed E-state index contributed by atoms with van der Waals surface area (Å²) < 4.78 is 18.3. The SMILES string of the molecule is Brc1cc(Oc2cccc(-n3c4ccccc4c4ccccc43)c2)cc(Oc2cccc(-n3c4ccccc4c4ccccc43)c2)c1. The van der Waals surface area contributed by atoms with Crippen LogP contribution in [0.2, 0.25) is 0 Å². The molecule has 0 atom stereocenters. The molecule has 0 N–H and O–H groups in total. The number of halogens is 1. The fraction of sp³-hybridized carbons (Fsp3) is 0. The first-order chi connectivity index (χ1) is 23.2. The lowest BCUT2D eigenvalue weighted by Crippen LogP contribution is -1.95. The minimum atomic E-state index is 0.673. The molecule has 7 aromatic carbocycles. The van der Waals surface area contributed by atoms with Crippen molar-refractivity contribution in [3.05, 3.63) is 168 Å². The Labute approximate surface area is 279 Å². The molecule has 2 heterocycles. The Morgan fingerprint density at radius 1 is 0.340 bits per heavy atom. The Morgan fingerprint density at radius 2 is 0.702 bits per heavy atom. The van der Waals surface area contributed by atoms with Gasteiger partial charge in [0.25, 0.3) is 0 Å².